The molecule has 2 saturated heterocycles. The van der Waals surface area contributed by atoms with Crippen LogP contribution < -0.4 is 24.8 Å². The second-order valence-corrected chi connectivity index (χ2v) is 26.2. The van der Waals surface area contributed by atoms with Crippen LogP contribution in [-0.2, 0) is 60.6 Å². The Labute approximate surface area is 455 Å². The van der Waals surface area contributed by atoms with Crippen LogP contribution in [0.5, 0.6) is 17.2 Å². The normalized spacial score (nSPS) is 20.0. The second-order valence-electron chi connectivity index (χ2n) is 21.6. The Kier molecular flexibility index (Phi) is 19.4. The Balaban J connectivity index is 1.53. The summed E-state index contributed by atoms with van der Waals surface area (Å²) >= 11 is 0. The number of fused-ring (bicyclic) bond motifs is 5. The van der Waals surface area contributed by atoms with Crippen LogP contribution in [0.25, 0.3) is 11.1 Å². The van der Waals surface area contributed by atoms with Gasteiger partial charge in [0.2, 0.25) is 11.8 Å². The molecule has 3 heterocycles. The quantitative estimate of drug-likeness (QED) is 0.0654. The zero-order valence-electron chi connectivity index (χ0n) is 46.1. The Morgan fingerprint density at radius 3 is 1.90 bits per heavy atom. The van der Waals surface area contributed by atoms with Crippen LogP contribution in [0.1, 0.15) is 71.2 Å². The molecule has 0 unspecified atom stereocenters. The highest BCUT2D eigenvalue weighted by atomic mass is 32.3. The maximum atomic E-state index is 14.9. The first-order valence-electron chi connectivity index (χ1n) is 25.1. The molecule has 3 aromatic carbocycles. The van der Waals surface area contributed by atoms with Crippen LogP contribution in [0.3, 0.4) is 0 Å². The molecule has 23 nitrogen and oxygen atoms in total. The Morgan fingerprint density at radius 1 is 0.744 bits per heavy atom. The molecule has 3 aromatic rings. The van der Waals surface area contributed by atoms with Crippen LogP contribution in [0.2, 0.25) is 0 Å². The van der Waals surface area contributed by atoms with Crippen molar-refractivity contribution in [1.29, 1.82) is 0 Å². The molecule has 2 fully saturated rings. The number of esters is 1. The van der Waals surface area contributed by atoms with Gasteiger partial charge in [0.05, 0.1) is 26.8 Å². The molecule has 426 valence electrons. The molecule has 0 saturated carbocycles. The summed E-state index contributed by atoms with van der Waals surface area (Å²) in [7, 11) is 1.49. The van der Waals surface area contributed by atoms with Gasteiger partial charge in [-0.25, -0.2) is 48.6 Å². The average molecular weight is 1110 g/mol. The molecule has 0 radical (unpaired) electrons. The summed E-state index contributed by atoms with van der Waals surface area (Å²) in [6.45, 7) is 9.90. The van der Waals surface area contributed by atoms with Gasteiger partial charge in [-0.1, -0.05) is 36.4 Å². The maximum Gasteiger partial charge on any atom is 0.419 e. The van der Waals surface area contributed by atoms with Gasteiger partial charge in [-0.3, -0.25) is 14.5 Å². The molecule has 2 N–H and O–H groups in total. The first-order chi connectivity index (χ1) is 36.6. The molecular weight excluding hydrogens is 1040 g/mol. The highest BCUT2D eigenvalue weighted by Crippen LogP contribution is 2.46. The summed E-state index contributed by atoms with van der Waals surface area (Å²) in [6, 6.07) is 12.5. The fourth-order valence-corrected chi connectivity index (χ4v) is 8.58. The largest absolute Gasteiger partial charge is 0.489 e. The second kappa shape index (κ2) is 25.3. The van der Waals surface area contributed by atoms with E-state index >= 15 is 0 Å². The first-order valence-corrected chi connectivity index (χ1v) is 28.1. The number of nitrogens with zero attached hydrogens (tertiary/aromatic N) is 3. The van der Waals surface area contributed by atoms with Crippen LogP contribution in [0.4, 0.5) is 24.0 Å². The number of carbonyl (C=O) groups is 8. The summed E-state index contributed by atoms with van der Waals surface area (Å²) in [6.07, 6.45) is -0.516. The minimum Gasteiger partial charge on any atom is -0.489 e. The lowest BCUT2D eigenvalue weighted by Crippen LogP contribution is -2.53. The van der Waals surface area contributed by atoms with Crippen molar-refractivity contribution in [3.63, 3.8) is 0 Å². The van der Waals surface area contributed by atoms with Crippen LogP contribution >= 0.6 is 10.0 Å². The first kappa shape index (κ1) is 59.8. The molecule has 78 heavy (non-hydrogen) atoms. The van der Waals surface area contributed by atoms with E-state index in [0.29, 0.717) is 17.7 Å². The van der Waals surface area contributed by atoms with E-state index in [4.69, 9.17) is 47.4 Å². The number of nitrogens with one attached hydrogen (secondary N) is 2. The van der Waals surface area contributed by atoms with Gasteiger partial charge in [-0.15, -0.1) is 0 Å². The minimum absolute atomic E-state index is 0.00711. The van der Waals surface area contributed by atoms with Gasteiger partial charge in [0, 0.05) is 30.3 Å². The molecule has 7 amide bonds. The molecule has 5 atom stereocenters. The number of rotatable bonds is 16. The lowest BCUT2D eigenvalue weighted by atomic mass is 9.93. The maximum absolute atomic E-state index is 14.9. The molecule has 4 bridgehead atoms. The number of amides is 7. The number of imide groups is 2. The van der Waals surface area contributed by atoms with Gasteiger partial charge >= 0.3 is 36.4 Å². The van der Waals surface area contributed by atoms with Crippen molar-refractivity contribution in [2.45, 2.75) is 103 Å². The Hall–Kier alpha value is -7.47. The van der Waals surface area contributed by atoms with E-state index in [9.17, 15) is 38.4 Å². The molecule has 3 aliphatic rings. The average Bonchev–Trinajstić information content (AvgIpc) is 3.96. The smallest absolute Gasteiger partial charge is 0.419 e. The number of carbonyl (C=O) groups excluding carboxylic acids is 8. The lowest BCUT2D eigenvalue weighted by molar-refractivity contribution is -0.145. The van der Waals surface area contributed by atoms with Crippen molar-refractivity contribution in [3.8, 4) is 28.4 Å². The van der Waals surface area contributed by atoms with E-state index < -0.39 is 106 Å². The highest BCUT2D eigenvalue weighted by Gasteiger charge is 2.41. The van der Waals surface area contributed by atoms with E-state index in [1.807, 2.05) is 0 Å². The van der Waals surface area contributed by atoms with E-state index in [-0.39, 0.29) is 73.5 Å². The van der Waals surface area contributed by atoms with Gasteiger partial charge in [-0.05, 0) is 108 Å². The predicted octanol–water partition coefficient (Wildman–Crippen LogP) is 6.70. The molecule has 6 rings (SSSR count). The fourth-order valence-electron chi connectivity index (χ4n) is 7.96. The molecule has 0 aromatic heterocycles. The van der Waals surface area contributed by atoms with Crippen LogP contribution in [-0.4, -0.2) is 177 Å². The molecule has 0 aliphatic carbocycles. The van der Waals surface area contributed by atoms with E-state index in [1.54, 1.807) is 96.1 Å². The lowest BCUT2D eigenvalue weighted by Gasteiger charge is -2.30. The number of methoxy groups -OCH3 is 1. The number of hydrogen-bond donors (Lipinski definition) is 2. The zero-order valence-corrected chi connectivity index (χ0v) is 46.9. The van der Waals surface area contributed by atoms with Crippen molar-refractivity contribution < 1.29 is 85.7 Å². The molecule has 3 aliphatic heterocycles. The number of cyclic esters (lactones) is 2. The van der Waals surface area contributed by atoms with Crippen molar-refractivity contribution in [3.05, 3.63) is 77.4 Å². The fraction of sp³-hybridized carbons (Fsp3) is 0.519. The summed E-state index contributed by atoms with van der Waals surface area (Å²) in [4.78, 5) is 111. The Morgan fingerprint density at radius 2 is 1.33 bits per heavy atom. The van der Waals surface area contributed by atoms with Crippen molar-refractivity contribution in [2.75, 3.05) is 78.4 Å². The summed E-state index contributed by atoms with van der Waals surface area (Å²) in [5.74, 6) is -1.68. The molecule has 0 spiro atoms. The third-order valence-corrected chi connectivity index (χ3v) is 13.2. The van der Waals surface area contributed by atoms with E-state index in [2.05, 4.69) is 29.4 Å². The van der Waals surface area contributed by atoms with Gasteiger partial charge in [0.25, 0.3) is 0 Å². The van der Waals surface area contributed by atoms with Crippen molar-refractivity contribution in [1.82, 2.24) is 25.3 Å². The number of likely N-dealkylation sites (N-methyl/N-ethyl adjacent to an activating group) is 1. The van der Waals surface area contributed by atoms with Crippen LogP contribution in [0, 0.1) is 0 Å². The van der Waals surface area contributed by atoms with Crippen molar-refractivity contribution >= 4 is 58.3 Å². The topological polar surface area (TPSA) is 263 Å². The third-order valence-electron chi connectivity index (χ3n) is 11.8. The van der Waals surface area contributed by atoms with Gasteiger partial charge in [-0.2, -0.15) is 0 Å². The van der Waals surface area contributed by atoms with Gasteiger partial charge in [0.1, 0.15) is 54.9 Å². The summed E-state index contributed by atoms with van der Waals surface area (Å²) in [5, 5.41) is 5.36. The SMILES string of the molecule is COC(=O)[C@@H]1Cc2ccc(OC[C@H]3CN(C(=O)OC(C)(C)C)C(=O)O3)c(c2)-c2cc(cc(OC[C@@H]3CN(C(=O)OC(C)(C)C)C(=O)O3)c2OCOCCS(C)(C)C)[C@H](N(C)C(=O)OCc2ccccc2)C(=O)N[C@@H](C)C(=O)N1. The van der Waals surface area contributed by atoms with E-state index in [0.717, 1.165) is 27.6 Å². The zero-order chi connectivity index (χ0) is 57.3. The molecule has 24 heteroatoms. The summed E-state index contributed by atoms with van der Waals surface area (Å²) < 4.78 is 58.4. The van der Waals surface area contributed by atoms with Crippen LogP contribution in [0.15, 0.2) is 60.7 Å². The van der Waals surface area contributed by atoms with E-state index in [1.165, 1.54) is 20.0 Å². The standard InChI is InChI=1S/C54H71N5O18S/c1-32-45(60)56-40(47(62)68-9)23-34-18-19-41(70-29-36-26-58(49(64)74-36)51(66)76-53(2,3)4)38(22-34)39-24-35(43(46(61)55-32)57(8)48(63)72-28-33-16-14-13-15-17-33)25-42(44(39)73-31-69-20-21-78(10,11)12)71-30-37-27-59(50(65)75-37)52(67)77-54(5,6)7/h13-19,22,24-25,32,36-37,40,43H,20-21,23,26-31H2,1-12H3,(H,55,61)(H,56,60)/t32-,36+,37-,40-,43-/m0/s1. The number of benzene rings is 3. The summed E-state index contributed by atoms with van der Waals surface area (Å²) in [5.41, 5.74) is -0.284. The van der Waals surface area contributed by atoms with Gasteiger partial charge in [0.15, 0.2) is 30.5 Å². The molecular formula is C54H71N5O18S. The number of ether oxygens (including phenoxy) is 10. The van der Waals surface area contributed by atoms with Crippen molar-refractivity contribution in [2.24, 2.45) is 0 Å². The predicted molar refractivity (Wildman–Crippen MR) is 283 cm³/mol. The van der Waals surface area contributed by atoms with Gasteiger partial charge < -0.3 is 58.0 Å². The highest BCUT2D eigenvalue weighted by molar-refractivity contribution is 8.32. The monoisotopic (exact) mass is 1110 g/mol. The number of hydrogen-bond acceptors (Lipinski definition) is 18. The Bertz CT molecular complexity index is 2700. The minimum atomic E-state index is -1.61. The third kappa shape index (κ3) is 16.5.